The number of fused-ring (bicyclic) bond motifs is 6. The van der Waals surface area contributed by atoms with E-state index in [1.165, 1.54) is 89.0 Å². The molecule has 0 aromatic heterocycles. The van der Waals surface area contributed by atoms with Crippen molar-refractivity contribution in [1.82, 2.24) is 0 Å². The maximum Gasteiger partial charge on any atom is 0.0714 e. The molecule has 0 radical (unpaired) electrons. The minimum atomic E-state index is -0.567. The third kappa shape index (κ3) is 6.65. The van der Waals surface area contributed by atoms with Gasteiger partial charge in [0.1, 0.15) is 0 Å². The summed E-state index contributed by atoms with van der Waals surface area (Å²) in [4.78, 5) is 2.49. The number of rotatable bonds is 7. The smallest absolute Gasteiger partial charge is 0.0714 e. The fourth-order valence-electron chi connectivity index (χ4n) is 11.7. The number of benzene rings is 9. The summed E-state index contributed by atoms with van der Waals surface area (Å²) in [5.74, 6) is 0. The molecular formula is C66H59N. The molecule has 67 heavy (non-hydrogen) atoms. The molecule has 0 saturated carbocycles. The zero-order valence-electron chi connectivity index (χ0n) is 40.2. The van der Waals surface area contributed by atoms with Crippen LogP contribution in [0.5, 0.6) is 0 Å². The lowest BCUT2D eigenvalue weighted by molar-refractivity contribution is 0.588. The van der Waals surface area contributed by atoms with Crippen molar-refractivity contribution in [3.05, 3.63) is 279 Å². The Bertz CT molecular complexity index is 3230. The molecule has 1 atom stereocenters. The van der Waals surface area contributed by atoms with Gasteiger partial charge in [-0.05, 0) is 139 Å². The van der Waals surface area contributed by atoms with Crippen molar-refractivity contribution in [3.8, 4) is 22.3 Å². The van der Waals surface area contributed by atoms with Crippen LogP contribution in [0.4, 0.5) is 17.1 Å². The summed E-state index contributed by atoms with van der Waals surface area (Å²) in [5, 5.41) is 0. The van der Waals surface area contributed by atoms with Crippen molar-refractivity contribution >= 4 is 17.1 Å². The molecule has 0 heterocycles. The van der Waals surface area contributed by atoms with Crippen LogP contribution >= 0.6 is 0 Å². The lowest BCUT2D eigenvalue weighted by Gasteiger charge is -2.36. The van der Waals surface area contributed by atoms with E-state index in [0.717, 1.165) is 17.1 Å². The van der Waals surface area contributed by atoms with Gasteiger partial charge in [0.05, 0.1) is 10.8 Å². The lowest BCUT2D eigenvalue weighted by Crippen LogP contribution is -2.29. The highest BCUT2D eigenvalue weighted by atomic mass is 15.1. The van der Waals surface area contributed by atoms with E-state index in [1.807, 2.05) is 0 Å². The van der Waals surface area contributed by atoms with Crippen molar-refractivity contribution < 1.29 is 0 Å². The van der Waals surface area contributed by atoms with E-state index < -0.39 is 10.8 Å². The van der Waals surface area contributed by atoms with E-state index in [4.69, 9.17) is 0 Å². The van der Waals surface area contributed by atoms with Crippen molar-refractivity contribution in [2.24, 2.45) is 0 Å². The van der Waals surface area contributed by atoms with Crippen LogP contribution in [0, 0.1) is 13.8 Å². The summed E-state index contributed by atoms with van der Waals surface area (Å²) >= 11 is 0. The van der Waals surface area contributed by atoms with Crippen molar-refractivity contribution in [2.75, 3.05) is 4.90 Å². The highest BCUT2D eigenvalue weighted by molar-refractivity contribution is 5.92. The summed E-state index contributed by atoms with van der Waals surface area (Å²) in [6, 6.07) is 81.0. The average molecular weight is 866 g/mol. The van der Waals surface area contributed by atoms with Gasteiger partial charge in [-0.25, -0.2) is 0 Å². The number of hydrogen-bond acceptors (Lipinski definition) is 1. The Kier molecular flexibility index (Phi) is 9.94. The predicted octanol–water partition coefficient (Wildman–Crippen LogP) is 17.1. The Labute approximate surface area is 398 Å². The first-order chi connectivity index (χ1) is 32.3. The molecule has 0 saturated heterocycles. The molecule has 0 N–H and O–H groups in total. The van der Waals surface area contributed by atoms with Crippen LogP contribution in [-0.4, -0.2) is 0 Å². The van der Waals surface area contributed by atoms with Gasteiger partial charge in [0, 0.05) is 17.1 Å². The largest absolute Gasteiger partial charge is 0.310 e. The van der Waals surface area contributed by atoms with Crippen molar-refractivity contribution in [3.63, 3.8) is 0 Å². The Morgan fingerprint density at radius 1 is 0.299 bits per heavy atom. The van der Waals surface area contributed by atoms with Crippen molar-refractivity contribution in [1.29, 1.82) is 0 Å². The minimum absolute atomic E-state index is 0.0302. The molecule has 1 unspecified atom stereocenters. The van der Waals surface area contributed by atoms with Gasteiger partial charge in [-0.15, -0.1) is 0 Å². The van der Waals surface area contributed by atoms with Gasteiger partial charge in [-0.3, -0.25) is 0 Å². The van der Waals surface area contributed by atoms with Crippen LogP contribution in [0.15, 0.2) is 212 Å². The first-order valence-electron chi connectivity index (χ1n) is 24.0. The van der Waals surface area contributed by atoms with Crippen LogP contribution in [0.3, 0.4) is 0 Å². The minimum Gasteiger partial charge on any atom is -0.310 e. The Balaban J connectivity index is 1.18. The first kappa shape index (κ1) is 42.4. The molecule has 9 aromatic rings. The third-order valence-corrected chi connectivity index (χ3v) is 14.8. The van der Waals surface area contributed by atoms with Gasteiger partial charge < -0.3 is 4.90 Å². The normalized spacial score (nSPS) is 15.6. The van der Waals surface area contributed by atoms with Gasteiger partial charge in [0.15, 0.2) is 0 Å². The monoisotopic (exact) mass is 865 g/mol. The van der Waals surface area contributed by atoms with Crippen LogP contribution in [-0.2, 0) is 21.7 Å². The molecule has 0 spiro atoms. The van der Waals surface area contributed by atoms with E-state index in [2.05, 4.69) is 273 Å². The van der Waals surface area contributed by atoms with Gasteiger partial charge in [0.25, 0.3) is 0 Å². The van der Waals surface area contributed by atoms with Crippen LogP contribution in [0.2, 0.25) is 0 Å². The molecule has 0 fully saturated rings. The van der Waals surface area contributed by atoms with E-state index in [-0.39, 0.29) is 10.8 Å². The zero-order valence-corrected chi connectivity index (χ0v) is 40.2. The molecule has 1 heteroatoms. The highest BCUT2D eigenvalue weighted by Gasteiger charge is 2.48. The van der Waals surface area contributed by atoms with Crippen LogP contribution in [0.1, 0.15) is 108 Å². The second kappa shape index (κ2) is 15.7. The Morgan fingerprint density at radius 3 is 1.12 bits per heavy atom. The Hall–Kier alpha value is -7.22. The third-order valence-electron chi connectivity index (χ3n) is 14.8. The van der Waals surface area contributed by atoms with Crippen LogP contribution in [0.25, 0.3) is 22.3 Å². The lowest BCUT2D eigenvalue weighted by atomic mass is 9.66. The summed E-state index contributed by atoms with van der Waals surface area (Å²) in [6.45, 7) is 18.3. The van der Waals surface area contributed by atoms with Gasteiger partial charge in [-0.1, -0.05) is 229 Å². The molecule has 0 aliphatic heterocycles. The fourth-order valence-corrected chi connectivity index (χ4v) is 11.7. The molecule has 1 nitrogen and oxygen atoms in total. The molecule has 11 rings (SSSR count). The molecule has 0 bridgehead atoms. The molecule has 328 valence electrons. The quantitative estimate of drug-likeness (QED) is 0.154. The topological polar surface area (TPSA) is 3.24 Å². The number of nitrogens with zero attached hydrogens (tertiary/aromatic N) is 1. The van der Waals surface area contributed by atoms with E-state index >= 15 is 0 Å². The standard InChI is InChI=1S/C66H59N/c1-44-39-45(2)41-51(40-44)66(48-19-11-9-12-20-48)60-26-18-16-24-56(60)58-38-36-54(43-62(58)66)67(52-21-13-10-14-22-52)53-35-37-57-55-23-15-17-25-59(55)65(61(57)42-53,49-31-27-46(28-32-49)63(3,4)5)50-33-29-47(30-34-50)64(6,7)8/h9-43H,1-8H3. The zero-order chi connectivity index (χ0) is 46.3. The number of hydrogen-bond donors (Lipinski definition) is 0. The number of aryl methyl sites for hydroxylation is 2. The predicted molar refractivity (Wildman–Crippen MR) is 283 cm³/mol. The molecule has 2 aliphatic rings. The number of anilines is 3. The Morgan fingerprint density at radius 2 is 0.672 bits per heavy atom. The summed E-state index contributed by atoms with van der Waals surface area (Å²) in [5.41, 5.74) is 22.9. The maximum atomic E-state index is 2.51. The van der Waals surface area contributed by atoms with E-state index in [9.17, 15) is 0 Å². The maximum absolute atomic E-state index is 2.51. The summed E-state index contributed by atoms with van der Waals surface area (Å²) in [7, 11) is 0. The molecule has 0 amide bonds. The second-order valence-corrected chi connectivity index (χ2v) is 21.1. The fraction of sp³-hybridized carbons (Fsp3) is 0.182. The van der Waals surface area contributed by atoms with Crippen LogP contribution < -0.4 is 4.90 Å². The van der Waals surface area contributed by atoms with Gasteiger partial charge >= 0.3 is 0 Å². The van der Waals surface area contributed by atoms with E-state index in [1.54, 1.807) is 0 Å². The molecule has 9 aromatic carbocycles. The first-order valence-corrected chi connectivity index (χ1v) is 24.0. The number of para-hydroxylation sites is 1. The molecular weight excluding hydrogens is 807 g/mol. The average Bonchev–Trinajstić information content (AvgIpc) is 3.79. The summed E-state index contributed by atoms with van der Waals surface area (Å²) in [6.07, 6.45) is 0. The molecule has 2 aliphatic carbocycles. The van der Waals surface area contributed by atoms with Crippen molar-refractivity contribution in [2.45, 2.75) is 77.0 Å². The second-order valence-electron chi connectivity index (χ2n) is 21.1. The highest BCUT2D eigenvalue weighted by Crippen LogP contribution is 2.60. The van der Waals surface area contributed by atoms with Gasteiger partial charge in [-0.2, -0.15) is 0 Å². The van der Waals surface area contributed by atoms with E-state index in [0.29, 0.717) is 0 Å². The SMILES string of the molecule is Cc1cc(C)cc(C2(c3ccccc3)c3ccccc3-c3ccc(N(c4ccccc4)c4ccc5c(c4)C(c4ccc(C(C)(C)C)cc4)(c4ccc(C(C)(C)C)cc4)c4ccccc4-5)cc32)c1. The van der Waals surface area contributed by atoms with Gasteiger partial charge in [0.2, 0.25) is 0 Å². The summed E-state index contributed by atoms with van der Waals surface area (Å²) < 4.78 is 0.